The summed E-state index contributed by atoms with van der Waals surface area (Å²) in [5.41, 5.74) is 10.2. The van der Waals surface area contributed by atoms with Crippen LogP contribution in [0.2, 0.25) is 0 Å². The summed E-state index contributed by atoms with van der Waals surface area (Å²) in [6, 6.07) is 14.2. The lowest BCUT2D eigenvalue weighted by molar-refractivity contribution is 0.0998. The van der Waals surface area contributed by atoms with Gasteiger partial charge in [0.25, 0.3) is 11.8 Å². The van der Waals surface area contributed by atoms with Gasteiger partial charge in [-0.25, -0.2) is 14.1 Å². The molecule has 0 saturated heterocycles. The molecule has 3 heterocycles. The Morgan fingerprint density at radius 2 is 1.92 bits per heavy atom. The van der Waals surface area contributed by atoms with Crippen LogP contribution in [-0.4, -0.2) is 26.6 Å². The Bertz CT molecular complexity index is 1540. The molecule has 0 bridgehead atoms. The number of anilines is 3. The lowest BCUT2D eigenvalue weighted by atomic mass is 9.99. The highest BCUT2D eigenvalue weighted by molar-refractivity contribution is 6.07. The lowest BCUT2D eigenvalue weighted by Gasteiger charge is -2.12. The van der Waals surface area contributed by atoms with Crippen LogP contribution in [0, 0.1) is 26.6 Å². The zero-order chi connectivity index (χ0) is 25.6. The zero-order valence-corrected chi connectivity index (χ0v) is 20.1. The van der Waals surface area contributed by atoms with Gasteiger partial charge in [-0.1, -0.05) is 23.8 Å². The van der Waals surface area contributed by atoms with E-state index in [4.69, 9.17) is 5.73 Å². The number of nitrogens with zero attached hydrogens (tertiary/aromatic N) is 3. The molecule has 0 radical (unpaired) electrons. The molecule has 36 heavy (non-hydrogen) atoms. The van der Waals surface area contributed by atoms with E-state index in [9.17, 15) is 9.59 Å². The minimum absolute atomic E-state index is 0.0954. The van der Waals surface area contributed by atoms with Gasteiger partial charge < -0.3 is 16.4 Å². The number of primary amides is 1. The number of hydrogen-bond acceptors (Lipinski definition) is 5. The number of halogens is 1. The number of fused-ring (bicyclic) bond motifs is 2. The number of carbonyl (C=O) groups is 2. The van der Waals surface area contributed by atoms with Crippen molar-refractivity contribution in [3.05, 3.63) is 87.9 Å². The molecule has 0 fully saturated rings. The normalized spacial score (nSPS) is 12.2. The molecule has 1 aliphatic heterocycles. The molecule has 182 valence electrons. The summed E-state index contributed by atoms with van der Waals surface area (Å²) in [6.45, 7) is 5.83. The molecule has 1 aliphatic rings. The third-order valence-corrected chi connectivity index (χ3v) is 6.32. The highest BCUT2D eigenvalue weighted by Crippen LogP contribution is 2.36. The molecular formula is C27H25FN6O2. The van der Waals surface area contributed by atoms with Gasteiger partial charge in [-0.15, -0.1) is 0 Å². The highest BCUT2D eigenvalue weighted by Gasteiger charge is 2.28. The summed E-state index contributed by atoms with van der Waals surface area (Å²) >= 11 is 0. The maximum absolute atomic E-state index is 15.7. The first-order chi connectivity index (χ1) is 17.2. The number of hydrogen-bond donors (Lipinski definition) is 3. The fourth-order valence-electron chi connectivity index (χ4n) is 4.49. The molecule has 5 rings (SSSR count). The number of carbonyl (C=O) groups excluding carboxylic acids is 2. The Balaban J connectivity index is 1.54. The van der Waals surface area contributed by atoms with E-state index in [1.165, 1.54) is 19.1 Å². The fraction of sp³-hybridized carbons (Fsp3) is 0.185. The number of nitrogens with one attached hydrogen (secondary N) is 2. The van der Waals surface area contributed by atoms with Crippen LogP contribution in [0.4, 0.5) is 21.7 Å². The van der Waals surface area contributed by atoms with Crippen LogP contribution in [0.3, 0.4) is 0 Å². The minimum Gasteiger partial charge on any atom is -0.365 e. The van der Waals surface area contributed by atoms with Crippen molar-refractivity contribution in [1.29, 1.82) is 0 Å². The van der Waals surface area contributed by atoms with E-state index in [-0.39, 0.29) is 27.9 Å². The van der Waals surface area contributed by atoms with Crippen LogP contribution in [0.25, 0.3) is 11.3 Å². The van der Waals surface area contributed by atoms with Crippen LogP contribution in [-0.2, 0) is 13.0 Å². The predicted molar refractivity (Wildman–Crippen MR) is 136 cm³/mol. The average molecular weight is 485 g/mol. The van der Waals surface area contributed by atoms with Crippen LogP contribution < -0.4 is 16.4 Å². The molecule has 0 spiro atoms. The van der Waals surface area contributed by atoms with Gasteiger partial charge in [-0.2, -0.15) is 5.10 Å². The summed E-state index contributed by atoms with van der Waals surface area (Å²) in [7, 11) is 0. The summed E-state index contributed by atoms with van der Waals surface area (Å²) < 4.78 is 17.3. The molecule has 4 N–H and O–H groups in total. The van der Waals surface area contributed by atoms with E-state index >= 15 is 4.39 Å². The van der Waals surface area contributed by atoms with Gasteiger partial charge in [0.15, 0.2) is 0 Å². The Morgan fingerprint density at radius 1 is 1.11 bits per heavy atom. The lowest BCUT2D eigenvalue weighted by Crippen LogP contribution is -2.16. The monoisotopic (exact) mass is 484 g/mol. The SMILES string of the molecule is Cc1ccc2c(c1)CCn1nc(-c3ccc(C(=O)Nc4cccc(C)n4)c(C)c3F)c(C(N)=O)c1N2. The molecular weight excluding hydrogens is 459 g/mol. The van der Waals surface area contributed by atoms with Crippen molar-refractivity contribution in [3.8, 4) is 11.3 Å². The summed E-state index contributed by atoms with van der Waals surface area (Å²) in [6.07, 6.45) is 0.684. The van der Waals surface area contributed by atoms with Crippen molar-refractivity contribution in [2.24, 2.45) is 5.73 Å². The second kappa shape index (κ2) is 8.92. The molecule has 2 amide bonds. The third kappa shape index (κ3) is 4.08. The van der Waals surface area contributed by atoms with E-state index in [0.29, 0.717) is 24.6 Å². The van der Waals surface area contributed by atoms with E-state index in [2.05, 4.69) is 26.8 Å². The van der Waals surface area contributed by atoms with E-state index in [0.717, 1.165) is 22.5 Å². The Labute approximate surface area is 207 Å². The highest BCUT2D eigenvalue weighted by atomic mass is 19.1. The van der Waals surface area contributed by atoms with Gasteiger partial charge >= 0.3 is 0 Å². The van der Waals surface area contributed by atoms with Crippen molar-refractivity contribution < 1.29 is 14.0 Å². The van der Waals surface area contributed by atoms with Crippen molar-refractivity contribution in [2.45, 2.75) is 33.7 Å². The quantitative estimate of drug-likeness (QED) is 0.390. The maximum atomic E-state index is 15.7. The van der Waals surface area contributed by atoms with Crippen LogP contribution in [0.15, 0.2) is 48.5 Å². The van der Waals surface area contributed by atoms with Crippen LogP contribution >= 0.6 is 0 Å². The fourth-order valence-corrected chi connectivity index (χ4v) is 4.49. The van der Waals surface area contributed by atoms with Crippen molar-refractivity contribution in [2.75, 3.05) is 10.6 Å². The molecule has 0 saturated carbocycles. The number of amides is 2. The second-order valence-electron chi connectivity index (χ2n) is 8.91. The van der Waals surface area contributed by atoms with Crippen molar-refractivity contribution >= 4 is 29.1 Å². The molecule has 8 nitrogen and oxygen atoms in total. The van der Waals surface area contributed by atoms with Crippen molar-refractivity contribution in [1.82, 2.24) is 14.8 Å². The Hall–Kier alpha value is -4.53. The van der Waals surface area contributed by atoms with E-state index < -0.39 is 17.6 Å². The molecule has 2 aromatic heterocycles. The van der Waals surface area contributed by atoms with E-state index in [1.54, 1.807) is 16.8 Å². The average Bonchev–Trinajstić information content (AvgIpc) is 3.09. The number of nitrogens with two attached hydrogens (primary N) is 1. The zero-order valence-electron chi connectivity index (χ0n) is 20.1. The van der Waals surface area contributed by atoms with Gasteiger partial charge in [0.2, 0.25) is 0 Å². The van der Waals surface area contributed by atoms with Gasteiger partial charge in [0, 0.05) is 29.1 Å². The topological polar surface area (TPSA) is 115 Å². The molecule has 0 aliphatic carbocycles. The first kappa shape index (κ1) is 23.2. The molecule has 0 unspecified atom stereocenters. The molecule has 4 aromatic rings. The summed E-state index contributed by atoms with van der Waals surface area (Å²) in [4.78, 5) is 29.6. The van der Waals surface area contributed by atoms with Gasteiger partial charge in [-0.3, -0.25) is 9.59 Å². The summed E-state index contributed by atoms with van der Waals surface area (Å²) in [5, 5.41) is 10.5. The van der Waals surface area contributed by atoms with Crippen LogP contribution in [0.5, 0.6) is 0 Å². The molecule has 0 atom stereocenters. The third-order valence-electron chi connectivity index (χ3n) is 6.32. The number of aryl methyl sites for hydroxylation is 4. The minimum atomic E-state index is -0.723. The number of benzene rings is 2. The van der Waals surface area contributed by atoms with E-state index in [1.807, 2.05) is 32.0 Å². The summed E-state index contributed by atoms with van der Waals surface area (Å²) in [5.74, 6) is -1.06. The largest absolute Gasteiger partial charge is 0.365 e. The molecule has 2 aromatic carbocycles. The Kier molecular flexibility index (Phi) is 5.75. The second-order valence-corrected chi connectivity index (χ2v) is 8.91. The first-order valence-corrected chi connectivity index (χ1v) is 11.5. The molecule has 9 heteroatoms. The van der Waals surface area contributed by atoms with Gasteiger partial charge in [-0.05, 0) is 68.7 Å². The van der Waals surface area contributed by atoms with Gasteiger partial charge in [0.1, 0.15) is 28.7 Å². The smallest absolute Gasteiger partial charge is 0.257 e. The standard InChI is InChI=1S/C27H25FN6O2/c1-14-7-10-20-17(13-14)11-12-34-26(31-20)22(25(29)35)24(33-34)19-9-8-18(16(3)23(19)28)27(36)32-21-6-4-5-15(2)30-21/h4-10,13,31H,11-12H2,1-3H3,(H2,29,35)(H,30,32,36). The Morgan fingerprint density at radius 3 is 2.67 bits per heavy atom. The first-order valence-electron chi connectivity index (χ1n) is 11.5. The van der Waals surface area contributed by atoms with Crippen molar-refractivity contribution in [3.63, 3.8) is 0 Å². The number of rotatable bonds is 4. The number of pyridine rings is 1. The van der Waals surface area contributed by atoms with Gasteiger partial charge in [0.05, 0.1) is 0 Å². The number of aromatic nitrogens is 3. The van der Waals surface area contributed by atoms with Crippen LogP contribution in [0.1, 0.15) is 43.1 Å². The predicted octanol–water partition coefficient (Wildman–Crippen LogP) is 4.66. The maximum Gasteiger partial charge on any atom is 0.257 e.